The maximum atomic E-state index is 12.5. The van der Waals surface area contributed by atoms with Crippen molar-refractivity contribution in [1.82, 2.24) is 9.38 Å². The van der Waals surface area contributed by atoms with Crippen LogP contribution in [-0.2, 0) is 0 Å². The zero-order chi connectivity index (χ0) is 18.8. The van der Waals surface area contributed by atoms with Crippen molar-refractivity contribution < 1.29 is 24.2 Å². The lowest BCUT2D eigenvalue weighted by Crippen LogP contribution is -2.15. The molecule has 2 N–H and O–H groups in total. The lowest BCUT2D eigenvalue weighted by molar-refractivity contribution is 0.0697. The van der Waals surface area contributed by atoms with E-state index in [0.29, 0.717) is 11.4 Å². The Morgan fingerprint density at radius 1 is 1.15 bits per heavy atom. The van der Waals surface area contributed by atoms with Crippen molar-refractivity contribution >= 4 is 23.2 Å². The predicted octanol–water partition coefficient (Wildman–Crippen LogP) is 2.61. The largest absolute Gasteiger partial charge is 0.493 e. The van der Waals surface area contributed by atoms with Gasteiger partial charge in [0.15, 0.2) is 11.5 Å². The zero-order valence-corrected chi connectivity index (χ0v) is 14.4. The second-order valence-corrected chi connectivity index (χ2v) is 5.61. The number of carboxylic acids is 1. The first-order valence-corrected chi connectivity index (χ1v) is 7.69. The van der Waals surface area contributed by atoms with Crippen LogP contribution in [0.25, 0.3) is 5.65 Å². The number of benzene rings is 1. The smallest absolute Gasteiger partial charge is 0.337 e. The number of nitrogens with zero attached hydrogens (tertiary/aromatic N) is 2. The highest BCUT2D eigenvalue weighted by Crippen LogP contribution is 2.33. The fourth-order valence-electron chi connectivity index (χ4n) is 2.54. The Morgan fingerprint density at radius 2 is 1.85 bits per heavy atom. The molecule has 1 aromatic carbocycles. The summed E-state index contributed by atoms with van der Waals surface area (Å²) in [5.74, 6) is -1.17. The number of imidazole rings is 1. The Bertz CT molecular complexity index is 1010. The van der Waals surface area contributed by atoms with E-state index in [-0.39, 0.29) is 22.7 Å². The van der Waals surface area contributed by atoms with E-state index >= 15 is 0 Å². The van der Waals surface area contributed by atoms with Gasteiger partial charge in [0.1, 0.15) is 11.3 Å². The van der Waals surface area contributed by atoms with E-state index in [2.05, 4.69) is 10.3 Å². The van der Waals surface area contributed by atoms with Crippen molar-refractivity contribution in [2.24, 2.45) is 0 Å². The van der Waals surface area contributed by atoms with E-state index in [4.69, 9.17) is 9.47 Å². The van der Waals surface area contributed by atoms with E-state index in [1.165, 1.54) is 26.4 Å². The van der Waals surface area contributed by atoms with Gasteiger partial charge in [-0.1, -0.05) is 0 Å². The van der Waals surface area contributed by atoms with Crippen molar-refractivity contribution in [2.45, 2.75) is 6.92 Å². The first-order chi connectivity index (χ1) is 12.4. The molecule has 0 radical (unpaired) electrons. The van der Waals surface area contributed by atoms with Crippen LogP contribution >= 0.6 is 0 Å². The Hall–Kier alpha value is -3.55. The molecule has 2 heterocycles. The number of amides is 1. The van der Waals surface area contributed by atoms with Gasteiger partial charge in [0.25, 0.3) is 5.91 Å². The third kappa shape index (κ3) is 3.16. The molecule has 0 bridgehead atoms. The van der Waals surface area contributed by atoms with Crippen LogP contribution in [0, 0.1) is 6.92 Å². The summed E-state index contributed by atoms with van der Waals surface area (Å²) in [6, 6.07) is 6.44. The Morgan fingerprint density at radius 3 is 2.50 bits per heavy atom. The fourth-order valence-corrected chi connectivity index (χ4v) is 2.54. The monoisotopic (exact) mass is 355 g/mol. The van der Waals surface area contributed by atoms with Crippen LogP contribution in [0.15, 0.2) is 36.7 Å². The summed E-state index contributed by atoms with van der Waals surface area (Å²) in [6.07, 6.45) is 3.37. The molecule has 8 nitrogen and oxygen atoms in total. The van der Waals surface area contributed by atoms with Crippen molar-refractivity contribution in [1.29, 1.82) is 0 Å². The highest BCUT2D eigenvalue weighted by Gasteiger charge is 2.19. The van der Waals surface area contributed by atoms with Gasteiger partial charge in [-0.05, 0) is 24.6 Å². The number of carbonyl (C=O) groups is 2. The predicted molar refractivity (Wildman–Crippen MR) is 94.4 cm³/mol. The number of hydrogen-bond donors (Lipinski definition) is 2. The quantitative estimate of drug-likeness (QED) is 0.729. The molecule has 3 aromatic rings. The van der Waals surface area contributed by atoms with E-state index in [1.54, 1.807) is 16.8 Å². The van der Waals surface area contributed by atoms with Crippen molar-refractivity contribution in [3.8, 4) is 11.5 Å². The van der Waals surface area contributed by atoms with E-state index in [1.807, 2.05) is 19.1 Å². The first kappa shape index (κ1) is 17.3. The third-order valence-electron chi connectivity index (χ3n) is 3.85. The number of anilines is 1. The van der Waals surface area contributed by atoms with Crippen LogP contribution in [0.1, 0.15) is 26.4 Å². The summed E-state index contributed by atoms with van der Waals surface area (Å²) in [5, 5.41) is 12.0. The van der Waals surface area contributed by atoms with Gasteiger partial charge in [-0.25, -0.2) is 9.78 Å². The molecular weight excluding hydrogens is 338 g/mol. The minimum absolute atomic E-state index is 0.0911. The van der Waals surface area contributed by atoms with Crippen molar-refractivity contribution in [2.75, 3.05) is 19.5 Å². The van der Waals surface area contributed by atoms with Crippen LogP contribution < -0.4 is 14.8 Å². The number of rotatable bonds is 5. The Labute approximate surface area is 149 Å². The molecule has 0 saturated carbocycles. The SMILES string of the molecule is COc1cc(NC(=O)c2cn3ccc(C)cc3n2)c(C(=O)O)cc1OC. The van der Waals surface area contributed by atoms with Gasteiger partial charge in [-0.3, -0.25) is 4.79 Å². The van der Waals surface area contributed by atoms with Gasteiger partial charge in [-0.15, -0.1) is 0 Å². The van der Waals surface area contributed by atoms with Crippen LogP contribution in [0.4, 0.5) is 5.69 Å². The highest BCUT2D eigenvalue weighted by molar-refractivity contribution is 6.07. The number of nitrogens with one attached hydrogen (secondary N) is 1. The summed E-state index contributed by atoms with van der Waals surface area (Å²) in [6.45, 7) is 1.93. The molecule has 0 saturated heterocycles. The van der Waals surface area contributed by atoms with Gasteiger partial charge < -0.3 is 24.3 Å². The standard InChI is InChI=1S/C18H17N3O5/c1-10-4-5-21-9-13(19-16(21)6-10)17(22)20-12-8-15(26-3)14(25-2)7-11(12)18(23)24/h4-9H,1-3H3,(H,20,22)(H,23,24). The molecule has 0 aliphatic rings. The number of hydrogen-bond acceptors (Lipinski definition) is 5. The fraction of sp³-hybridized carbons (Fsp3) is 0.167. The van der Waals surface area contributed by atoms with Gasteiger partial charge in [0, 0.05) is 24.5 Å². The normalized spacial score (nSPS) is 10.6. The average Bonchev–Trinajstić information content (AvgIpc) is 3.04. The minimum Gasteiger partial charge on any atom is -0.493 e. The molecule has 8 heteroatoms. The summed E-state index contributed by atoms with van der Waals surface area (Å²) in [7, 11) is 2.83. The Balaban J connectivity index is 1.98. The van der Waals surface area contributed by atoms with Gasteiger partial charge in [0.2, 0.25) is 0 Å². The summed E-state index contributed by atoms with van der Waals surface area (Å²) in [4.78, 5) is 28.3. The number of carboxylic acid groups (broad SMARTS) is 1. The van der Waals surface area contributed by atoms with Crippen molar-refractivity contribution in [3.05, 3.63) is 53.5 Å². The van der Waals surface area contributed by atoms with Gasteiger partial charge >= 0.3 is 5.97 Å². The van der Waals surface area contributed by atoms with Crippen molar-refractivity contribution in [3.63, 3.8) is 0 Å². The first-order valence-electron chi connectivity index (χ1n) is 7.69. The van der Waals surface area contributed by atoms with E-state index in [0.717, 1.165) is 5.56 Å². The average molecular weight is 355 g/mol. The lowest BCUT2D eigenvalue weighted by atomic mass is 10.1. The second kappa shape index (κ2) is 6.75. The molecule has 2 aromatic heterocycles. The van der Waals surface area contributed by atoms with Crippen LogP contribution in [-0.4, -0.2) is 40.6 Å². The number of aromatic nitrogens is 2. The molecule has 1 amide bonds. The molecule has 0 unspecified atom stereocenters. The van der Waals surface area contributed by atoms with Gasteiger partial charge in [0.05, 0.1) is 25.5 Å². The topological polar surface area (TPSA) is 102 Å². The molecule has 26 heavy (non-hydrogen) atoms. The molecule has 0 spiro atoms. The molecular formula is C18H17N3O5. The maximum absolute atomic E-state index is 12.5. The number of fused-ring (bicyclic) bond motifs is 1. The zero-order valence-electron chi connectivity index (χ0n) is 14.4. The summed E-state index contributed by atoms with van der Waals surface area (Å²) < 4.78 is 12.0. The molecule has 134 valence electrons. The second-order valence-electron chi connectivity index (χ2n) is 5.61. The van der Waals surface area contributed by atoms with Crippen LogP contribution in [0.5, 0.6) is 11.5 Å². The van der Waals surface area contributed by atoms with E-state index < -0.39 is 11.9 Å². The molecule has 0 aliphatic carbocycles. The molecule has 0 atom stereocenters. The number of methoxy groups -OCH3 is 2. The summed E-state index contributed by atoms with van der Waals surface area (Å²) >= 11 is 0. The minimum atomic E-state index is -1.20. The number of aryl methyl sites for hydroxylation is 1. The molecule has 0 aliphatic heterocycles. The number of carbonyl (C=O) groups excluding carboxylic acids is 1. The van der Waals surface area contributed by atoms with Crippen LogP contribution in [0.2, 0.25) is 0 Å². The number of ether oxygens (including phenoxy) is 2. The highest BCUT2D eigenvalue weighted by atomic mass is 16.5. The number of pyridine rings is 1. The maximum Gasteiger partial charge on any atom is 0.337 e. The van der Waals surface area contributed by atoms with E-state index in [9.17, 15) is 14.7 Å². The van der Waals surface area contributed by atoms with Gasteiger partial charge in [-0.2, -0.15) is 0 Å². The molecule has 0 fully saturated rings. The third-order valence-corrected chi connectivity index (χ3v) is 3.85. The Kier molecular flexibility index (Phi) is 4.49. The summed E-state index contributed by atoms with van der Waals surface area (Å²) in [5.41, 5.74) is 1.79. The lowest BCUT2D eigenvalue weighted by Gasteiger charge is -2.13. The molecule has 3 rings (SSSR count). The van der Waals surface area contributed by atoms with Crippen LogP contribution in [0.3, 0.4) is 0 Å². The number of aromatic carboxylic acids is 1.